The fourth-order valence-electron chi connectivity index (χ4n) is 5.12. The first-order valence-electron chi connectivity index (χ1n) is 12.2. The number of benzene rings is 2. The average Bonchev–Trinajstić information content (AvgIpc) is 3.28. The molecule has 3 aromatic heterocycles. The van der Waals surface area contributed by atoms with Crippen molar-refractivity contribution >= 4 is 27.6 Å². The van der Waals surface area contributed by atoms with Gasteiger partial charge in [0.2, 0.25) is 0 Å². The minimum absolute atomic E-state index is 0. The van der Waals surface area contributed by atoms with Crippen LogP contribution in [0.2, 0.25) is 0 Å². The molecular formula is C30H35IrN4-. The molecule has 5 heteroatoms. The van der Waals surface area contributed by atoms with Gasteiger partial charge >= 0.3 is 0 Å². The van der Waals surface area contributed by atoms with Crippen LogP contribution in [0.4, 0.5) is 0 Å². The molecule has 0 N–H and O–H groups in total. The molecule has 0 aliphatic rings. The van der Waals surface area contributed by atoms with E-state index in [1.54, 1.807) is 0 Å². The topological polar surface area (TPSA) is 35.1 Å². The second-order valence-corrected chi connectivity index (χ2v) is 12.1. The zero-order valence-corrected chi connectivity index (χ0v) is 24.5. The van der Waals surface area contributed by atoms with E-state index in [1.807, 2.05) is 12.3 Å². The van der Waals surface area contributed by atoms with E-state index in [0.717, 1.165) is 41.2 Å². The van der Waals surface area contributed by atoms with Crippen LogP contribution in [0.15, 0.2) is 42.6 Å². The molecule has 35 heavy (non-hydrogen) atoms. The molecule has 0 saturated heterocycles. The summed E-state index contributed by atoms with van der Waals surface area (Å²) in [7, 11) is 0. The number of nitrogens with zero attached hydrogens (tertiary/aromatic N) is 4. The van der Waals surface area contributed by atoms with Crippen LogP contribution in [-0.4, -0.2) is 18.9 Å². The molecule has 5 rings (SSSR count). The summed E-state index contributed by atoms with van der Waals surface area (Å²) in [6, 6.07) is 16.2. The van der Waals surface area contributed by atoms with Gasteiger partial charge in [-0.05, 0) is 35.8 Å². The first-order chi connectivity index (χ1) is 15.9. The van der Waals surface area contributed by atoms with Crippen molar-refractivity contribution in [2.24, 2.45) is 10.8 Å². The molecule has 1 radical (unpaired) electrons. The van der Waals surface area contributed by atoms with Gasteiger partial charge in [-0.25, -0.2) is 4.98 Å². The van der Waals surface area contributed by atoms with Crippen molar-refractivity contribution in [3.8, 4) is 11.3 Å². The van der Waals surface area contributed by atoms with Crippen molar-refractivity contribution in [2.45, 2.75) is 68.4 Å². The third-order valence-corrected chi connectivity index (χ3v) is 6.39. The SMILES string of the molecule is Cc1cccc(C)c1-c1cnc2c3[c-]cccc3c3c(nc(CC(C)(C)C)n3CC(C)(C)C)n12.[Ir]. The predicted octanol–water partition coefficient (Wildman–Crippen LogP) is 7.55. The summed E-state index contributed by atoms with van der Waals surface area (Å²) in [4.78, 5) is 10.3. The summed E-state index contributed by atoms with van der Waals surface area (Å²) in [5, 5.41) is 2.21. The Labute approximate surface area is 222 Å². The number of aryl methyl sites for hydroxylation is 2. The second-order valence-electron chi connectivity index (χ2n) is 12.1. The number of imidazole rings is 2. The zero-order chi connectivity index (χ0) is 24.4. The fourth-order valence-corrected chi connectivity index (χ4v) is 5.12. The van der Waals surface area contributed by atoms with E-state index >= 15 is 0 Å². The van der Waals surface area contributed by atoms with E-state index in [-0.39, 0.29) is 30.9 Å². The number of hydrogen-bond acceptors (Lipinski definition) is 2. The molecule has 0 bridgehead atoms. The van der Waals surface area contributed by atoms with Crippen LogP contribution in [0.3, 0.4) is 0 Å². The average molecular weight is 644 g/mol. The van der Waals surface area contributed by atoms with Gasteiger partial charge in [-0.15, -0.1) is 24.3 Å². The van der Waals surface area contributed by atoms with E-state index in [9.17, 15) is 0 Å². The van der Waals surface area contributed by atoms with Crippen molar-refractivity contribution in [2.75, 3.05) is 0 Å². The molecule has 185 valence electrons. The van der Waals surface area contributed by atoms with Gasteiger partial charge in [0.15, 0.2) is 0 Å². The maximum atomic E-state index is 5.35. The minimum atomic E-state index is 0. The smallest absolute Gasteiger partial charge is 0.147 e. The Kier molecular flexibility index (Phi) is 6.49. The molecule has 0 aliphatic heterocycles. The van der Waals surface area contributed by atoms with Gasteiger partial charge in [0, 0.05) is 50.3 Å². The number of fused-ring (bicyclic) bond motifs is 6. The first-order valence-corrected chi connectivity index (χ1v) is 12.2. The summed E-state index contributed by atoms with van der Waals surface area (Å²) >= 11 is 0. The van der Waals surface area contributed by atoms with Crippen LogP contribution in [0.5, 0.6) is 0 Å². The molecule has 3 heterocycles. The second kappa shape index (κ2) is 8.87. The number of aromatic nitrogens is 4. The third kappa shape index (κ3) is 4.57. The van der Waals surface area contributed by atoms with Crippen LogP contribution in [-0.2, 0) is 33.1 Å². The van der Waals surface area contributed by atoms with Crippen molar-refractivity contribution in [3.63, 3.8) is 0 Å². The Morgan fingerprint density at radius 1 is 0.886 bits per heavy atom. The standard InChI is InChI=1S/C30H35N4.Ir/c1-19-12-11-13-20(2)25(19)23-17-31-27-22-15-10-9-14-21(22)26-28(34(23)27)32-24(16-29(3,4)5)33(26)18-30(6,7)8;/h9-14,17H,16,18H2,1-8H3;/q-1;. The van der Waals surface area contributed by atoms with Gasteiger partial charge in [0.05, 0.1) is 11.3 Å². The van der Waals surface area contributed by atoms with Crippen molar-refractivity contribution in [1.82, 2.24) is 18.9 Å². The van der Waals surface area contributed by atoms with E-state index < -0.39 is 0 Å². The Bertz CT molecular complexity index is 1520. The summed E-state index contributed by atoms with van der Waals surface area (Å²) in [6.45, 7) is 19.0. The Morgan fingerprint density at radius 2 is 1.57 bits per heavy atom. The number of pyridine rings is 1. The van der Waals surface area contributed by atoms with E-state index in [0.29, 0.717) is 0 Å². The molecule has 0 aliphatic carbocycles. The molecule has 2 aromatic carbocycles. The van der Waals surface area contributed by atoms with Crippen LogP contribution in [0, 0.1) is 30.7 Å². The third-order valence-electron chi connectivity index (χ3n) is 6.39. The molecule has 5 aromatic rings. The quantitative estimate of drug-likeness (QED) is 0.190. The summed E-state index contributed by atoms with van der Waals surface area (Å²) < 4.78 is 4.74. The number of rotatable bonds is 3. The normalized spacial score (nSPS) is 12.6. The largest absolute Gasteiger partial charge is 0.333 e. The maximum Gasteiger partial charge on any atom is 0.147 e. The summed E-state index contributed by atoms with van der Waals surface area (Å²) in [5.74, 6) is 1.14. The van der Waals surface area contributed by atoms with Crippen LogP contribution < -0.4 is 0 Å². The van der Waals surface area contributed by atoms with Crippen LogP contribution in [0.1, 0.15) is 58.5 Å². The number of hydrogen-bond donors (Lipinski definition) is 0. The van der Waals surface area contributed by atoms with Crippen LogP contribution in [0.25, 0.3) is 38.8 Å². The minimum Gasteiger partial charge on any atom is -0.333 e. The van der Waals surface area contributed by atoms with Gasteiger partial charge in [0.1, 0.15) is 11.5 Å². The van der Waals surface area contributed by atoms with Crippen molar-refractivity contribution in [3.05, 3.63) is 65.6 Å². The Hall–Kier alpha value is -2.49. The van der Waals surface area contributed by atoms with Gasteiger partial charge in [0.25, 0.3) is 0 Å². The van der Waals surface area contributed by atoms with E-state index in [1.165, 1.54) is 27.6 Å². The van der Waals surface area contributed by atoms with Gasteiger partial charge in [-0.2, -0.15) is 0 Å². The molecule has 0 saturated carbocycles. The molecule has 0 amide bonds. The summed E-state index contributed by atoms with van der Waals surface area (Å²) in [6.07, 6.45) is 2.92. The van der Waals surface area contributed by atoms with Gasteiger partial charge < -0.3 is 8.97 Å². The first kappa shape index (κ1) is 25.6. The molecule has 4 nitrogen and oxygen atoms in total. The fraction of sp³-hybridized carbons (Fsp3) is 0.400. The zero-order valence-electron chi connectivity index (χ0n) is 22.1. The summed E-state index contributed by atoms with van der Waals surface area (Å²) in [5.41, 5.74) is 8.15. The van der Waals surface area contributed by atoms with Crippen LogP contribution >= 0.6 is 0 Å². The van der Waals surface area contributed by atoms with Gasteiger partial charge in [-0.1, -0.05) is 70.5 Å². The Balaban J connectivity index is 0.00000289. The van der Waals surface area contributed by atoms with E-state index in [4.69, 9.17) is 9.97 Å². The molecular weight excluding hydrogens is 609 g/mol. The van der Waals surface area contributed by atoms with Gasteiger partial charge in [-0.3, -0.25) is 4.98 Å². The molecule has 0 atom stereocenters. The monoisotopic (exact) mass is 644 g/mol. The van der Waals surface area contributed by atoms with Crippen molar-refractivity contribution in [1.29, 1.82) is 0 Å². The predicted molar refractivity (Wildman–Crippen MR) is 142 cm³/mol. The molecule has 0 spiro atoms. The maximum absolute atomic E-state index is 5.35. The van der Waals surface area contributed by atoms with Crippen molar-refractivity contribution < 1.29 is 20.1 Å². The molecule has 0 fully saturated rings. The molecule has 0 unspecified atom stereocenters. The van der Waals surface area contributed by atoms with E-state index in [2.05, 4.69) is 101 Å². The Morgan fingerprint density at radius 3 is 2.20 bits per heavy atom.